The van der Waals surface area contributed by atoms with Crippen molar-refractivity contribution in [2.24, 2.45) is 4.99 Å². The smallest absolute Gasteiger partial charge is 0.266 e. The number of hydrogen-bond donors (Lipinski definition) is 0. The first-order valence-electron chi connectivity index (χ1n) is 11.9. The lowest BCUT2D eigenvalue weighted by atomic mass is 10.1. The van der Waals surface area contributed by atoms with Crippen LogP contribution in [0.25, 0.3) is 6.08 Å². The Kier molecular flexibility index (Phi) is 6.87. The van der Waals surface area contributed by atoms with Gasteiger partial charge in [0.05, 0.1) is 29.5 Å². The lowest BCUT2D eigenvalue weighted by Crippen LogP contribution is -2.36. The molecule has 34 heavy (non-hydrogen) atoms. The number of nitrogens with zero attached hydrogens (tertiary/aromatic N) is 4. The molecule has 2 aromatic rings. The fourth-order valence-corrected chi connectivity index (χ4v) is 5.58. The molecule has 6 nitrogen and oxygen atoms in total. The molecule has 0 aliphatic carbocycles. The van der Waals surface area contributed by atoms with Gasteiger partial charge in [-0.05, 0) is 79.6 Å². The maximum atomic E-state index is 14.7. The van der Waals surface area contributed by atoms with Crippen LogP contribution in [-0.4, -0.2) is 61.9 Å². The average molecular weight is 481 g/mol. The van der Waals surface area contributed by atoms with Crippen LogP contribution in [0.5, 0.6) is 0 Å². The molecule has 3 fully saturated rings. The number of morpholine rings is 1. The van der Waals surface area contributed by atoms with E-state index in [1.807, 2.05) is 31.2 Å². The van der Waals surface area contributed by atoms with Crippen molar-refractivity contribution in [3.05, 3.63) is 58.8 Å². The number of rotatable bonds is 5. The van der Waals surface area contributed by atoms with Crippen LogP contribution in [0.15, 0.2) is 52.4 Å². The van der Waals surface area contributed by atoms with Crippen molar-refractivity contribution in [1.29, 1.82) is 0 Å². The predicted molar refractivity (Wildman–Crippen MR) is 137 cm³/mol. The lowest BCUT2D eigenvalue weighted by Gasteiger charge is -2.28. The number of aliphatic imine (C=N–C) groups is 1. The third-order valence-electron chi connectivity index (χ3n) is 6.37. The molecule has 0 spiro atoms. The van der Waals surface area contributed by atoms with Gasteiger partial charge in [-0.3, -0.25) is 9.69 Å². The summed E-state index contributed by atoms with van der Waals surface area (Å²) < 4.78 is 20.2. The first-order chi connectivity index (χ1) is 16.6. The number of amides is 1. The maximum Gasteiger partial charge on any atom is 0.266 e. The molecule has 0 bridgehead atoms. The van der Waals surface area contributed by atoms with Gasteiger partial charge in [0, 0.05) is 38.4 Å². The highest BCUT2D eigenvalue weighted by molar-refractivity contribution is 8.18. The maximum absolute atomic E-state index is 14.7. The van der Waals surface area contributed by atoms with Gasteiger partial charge in [-0.15, -0.1) is 0 Å². The molecule has 2 aromatic carbocycles. The molecule has 0 aromatic heterocycles. The number of carbonyl (C=O) groups is 1. The van der Waals surface area contributed by atoms with Crippen molar-refractivity contribution in [3.8, 4) is 0 Å². The molecule has 3 heterocycles. The summed E-state index contributed by atoms with van der Waals surface area (Å²) in [7, 11) is 0. The van der Waals surface area contributed by atoms with E-state index >= 15 is 0 Å². The Bertz CT molecular complexity index is 1110. The van der Waals surface area contributed by atoms with Gasteiger partial charge in [0.15, 0.2) is 5.17 Å². The van der Waals surface area contributed by atoms with Gasteiger partial charge < -0.3 is 14.5 Å². The zero-order chi connectivity index (χ0) is 23.5. The van der Waals surface area contributed by atoms with Crippen molar-refractivity contribution in [2.75, 3.05) is 55.7 Å². The number of likely N-dealkylation sites (N-methyl/N-ethyl adjacent to an activating group) is 1. The van der Waals surface area contributed by atoms with E-state index in [9.17, 15) is 9.18 Å². The molecular weight excluding hydrogens is 451 g/mol. The van der Waals surface area contributed by atoms with Gasteiger partial charge in [-0.25, -0.2) is 9.38 Å². The molecule has 178 valence electrons. The van der Waals surface area contributed by atoms with Crippen LogP contribution in [-0.2, 0) is 9.53 Å². The largest absolute Gasteiger partial charge is 0.378 e. The minimum Gasteiger partial charge on any atom is -0.378 e. The van der Waals surface area contributed by atoms with E-state index < -0.39 is 0 Å². The van der Waals surface area contributed by atoms with Crippen molar-refractivity contribution in [2.45, 2.75) is 19.8 Å². The summed E-state index contributed by atoms with van der Waals surface area (Å²) in [5, 5.41) is 0.645. The van der Waals surface area contributed by atoms with Gasteiger partial charge >= 0.3 is 0 Å². The number of ether oxygens (including phenoxy) is 1. The molecular formula is C26H29FN4O2S. The van der Waals surface area contributed by atoms with E-state index in [1.165, 1.54) is 17.8 Å². The van der Waals surface area contributed by atoms with E-state index in [0.29, 0.717) is 27.9 Å². The van der Waals surface area contributed by atoms with Crippen LogP contribution in [0.4, 0.5) is 21.5 Å². The van der Waals surface area contributed by atoms with Gasteiger partial charge in [0.1, 0.15) is 5.82 Å². The molecule has 0 N–H and O–H groups in total. The molecule has 0 atom stereocenters. The third kappa shape index (κ3) is 4.83. The molecule has 0 radical (unpaired) electrons. The summed E-state index contributed by atoms with van der Waals surface area (Å²) in [5.74, 6) is -0.339. The first kappa shape index (κ1) is 22.9. The second-order valence-corrected chi connectivity index (χ2v) is 9.58. The Morgan fingerprint density at radius 2 is 1.76 bits per heavy atom. The van der Waals surface area contributed by atoms with Crippen molar-refractivity contribution >= 4 is 46.0 Å². The zero-order valence-corrected chi connectivity index (χ0v) is 20.2. The van der Waals surface area contributed by atoms with Gasteiger partial charge in [-0.1, -0.05) is 6.07 Å². The number of halogens is 1. The van der Waals surface area contributed by atoms with E-state index in [2.05, 4.69) is 21.9 Å². The van der Waals surface area contributed by atoms with Crippen molar-refractivity contribution in [3.63, 3.8) is 0 Å². The van der Waals surface area contributed by atoms with Gasteiger partial charge in [-0.2, -0.15) is 0 Å². The number of carbonyl (C=O) groups excluding carboxylic acids is 1. The van der Waals surface area contributed by atoms with Gasteiger partial charge in [0.25, 0.3) is 5.91 Å². The molecule has 3 aliphatic rings. The zero-order valence-electron chi connectivity index (χ0n) is 19.4. The predicted octanol–water partition coefficient (Wildman–Crippen LogP) is 4.89. The van der Waals surface area contributed by atoms with Crippen LogP contribution in [0, 0.1) is 5.82 Å². The number of amidine groups is 1. The molecule has 1 amide bonds. The van der Waals surface area contributed by atoms with Crippen LogP contribution in [0.2, 0.25) is 0 Å². The van der Waals surface area contributed by atoms with Crippen molar-refractivity contribution < 1.29 is 13.9 Å². The standard InChI is InChI=1S/C26H29FN4O2S/c1-2-31-25(32)24(18-19-5-10-23(22(27)17-19)30-11-3-4-12-30)34-26(31)28-20-6-8-21(9-7-20)29-13-15-33-16-14-29/h5-10,17-18H,2-4,11-16H2,1H3/b24-18-,28-26?. The van der Waals surface area contributed by atoms with Crippen LogP contribution >= 0.6 is 11.8 Å². The Morgan fingerprint density at radius 3 is 2.44 bits per heavy atom. The Morgan fingerprint density at radius 1 is 1.03 bits per heavy atom. The normalized spacial score (nSPS) is 21.4. The Balaban J connectivity index is 1.34. The summed E-state index contributed by atoms with van der Waals surface area (Å²) in [5.41, 5.74) is 3.27. The summed E-state index contributed by atoms with van der Waals surface area (Å²) in [6, 6.07) is 13.3. The minimum atomic E-state index is -0.242. The van der Waals surface area contributed by atoms with Crippen LogP contribution in [0.1, 0.15) is 25.3 Å². The highest BCUT2D eigenvalue weighted by Gasteiger charge is 2.32. The van der Waals surface area contributed by atoms with E-state index in [0.717, 1.165) is 63.6 Å². The van der Waals surface area contributed by atoms with E-state index in [-0.39, 0.29) is 11.7 Å². The quantitative estimate of drug-likeness (QED) is 0.571. The Hall–Kier alpha value is -2.84. The fraction of sp³-hybridized carbons (Fsp3) is 0.385. The SMILES string of the molecule is CCN1C(=O)/C(=C/c2ccc(N3CCCC3)c(F)c2)SC1=Nc1ccc(N2CCOCC2)cc1. The topological polar surface area (TPSA) is 48.4 Å². The average Bonchev–Trinajstić information content (AvgIpc) is 3.49. The monoisotopic (exact) mass is 480 g/mol. The number of benzene rings is 2. The second kappa shape index (κ2) is 10.2. The highest BCUT2D eigenvalue weighted by Crippen LogP contribution is 2.35. The summed E-state index contributed by atoms with van der Waals surface area (Å²) in [6.07, 6.45) is 3.96. The lowest BCUT2D eigenvalue weighted by molar-refractivity contribution is -0.122. The van der Waals surface area contributed by atoms with E-state index in [1.54, 1.807) is 11.0 Å². The Labute approximate surface area is 204 Å². The van der Waals surface area contributed by atoms with Gasteiger partial charge in [0.2, 0.25) is 0 Å². The van der Waals surface area contributed by atoms with Crippen LogP contribution in [0.3, 0.4) is 0 Å². The minimum absolute atomic E-state index is 0.0970. The van der Waals surface area contributed by atoms with Crippen molar-refractivity contribution in [1.82, 2.24) is 4.90 Å². The summed E-state index contributed by atoms with van der Waals surface area (Å²) >= 11 is 1.34. The molecule has 0 unspecified atom stereocenters. The first-order valence-corrected chi connectivity index (χ1v) is 12.7. The molecule has 5 rings (SSSR count). The second-order valence-electron chi connectivity index (χ2n) is 8.58. The van der Waals surface area contributed by atoms with Crippen LogP contribution < -0.4 is 9.80 Å². The van der Waals surface area contributed by atoms with E-state index in [4.69, 9.17) is 9.73 Å². The number of thioether (sulfide) groups is 1. The molecule has 3 aliphatic heterocycles. The summed E-state index contributed by atoms with van der Waals surface area (Å²) in [6.45, 7) is 7.50. The molecule has 8 heteroatoms. The number of hydrogen-bond acceptors (Lipinski definition) is 6. The summed E-state index contributed by atoms with van der Waals surface area (Å²) in [4.78, 5) is 24.3. The number of anilines is 2. The third-order valence-corrected chi connectivity index (χ3v) is 7.38. The molecule has 0 saturated carbocycles. The highest BCUT2D eigenvalue weighted by atomic mass is 32.2. The molecule has 3 saturated heterocycles. The fourth-order valence-electron chi connectivity index (χ4n) is 4.52.